The average Bonchev–Trinajstić information content (AvgIpc) is 3.18. The normalized spacial score (nSPS) is 22.7. The summed E-state index contributed by atoms with van der Waals surface area (Å²) in [6, 6.07) is 4.64. The summed E-state index contributed by atoms with van der Waals surface area (Å²) in [5, 5.41) is 10.6. The van der Waals surface area contributed by atoms with Crippen LogP contribution in [0.3, 0.4) is 0 Å². The van der Waals surface area contributed by atoms with Gasteiger partial charge in [-0.3, -0.25) is 4.79 Å². The Balaban J connectivity index is 1.18. The monoisotopic (exact) mass is 484 g/mol. The molecule has 182 valence electrons. The molecular weight excluding hydrogens is 461 g/mol. The topological polar surface area (TPSA) is 115 Å². The van der Waals surface area contributed by atoms with Crippen molar-refractivity contribution in [3.8, 4) is 0 Å². The third-order valence-electron chi connectivity index (χ3n) is 7.13. The van der Waals surface area contributed by atoms with Crippen molar-refractivity contribution in [3.05, 3.63) is 58.7 Å². The molecule has 3 atom stereocenters. The summed E-state index contributed by atoms with van der Waals surface area (Å²) < 4.78 is 42.6. The van der Waals surface area contributed by atoms with Crippen molar-refractivity contribution in [1.82, 2.24) is 30.3 Å². The molecule has 9 nitrogen and oxygen atoms in total. The molecule has 1 amide bonds. The van der Waals surface area contributed by atoms with Gasteiger partial charge in [0.05, 0.1) is 18.8 Å². The fourth-order valence-corrected chi connectivity index (χ4v) is 5.22. The molecule has 1 saturated carbocycles. The van der Waals surface area contributed by atoms with E-state index in [1.54, 1.807) is 12.3 Å². The maximum absolute atomic E-state index is 13.8. The number of fused-ring (bicyclic) bond motifs is 2. The predicted molar refractivity (Wildman–Crippen MR) is 119 cm³/mol. The molecule has 3 aromatic rings. The minimum absolute atomic E-state index is 0.0231. The van der Waals surface area contributed by atoms with Crippen LogP contribution in [0.2, 0.25) is 0 Å². The lowest BCUT2D eigenvalue weighted by Gasteiger charge is -2.21. The first-order chi connectivity index (χ1) is 16.8. The van der Waals surface area contributed by atoms with Gasteiger partial charge in [0.2, 0.25) is 0 Å². The van der Waals surface area contributed by atoms with Crippen LogP contribution in [0.4, 0.5) is 24.8 Å². The fraction of sp³-hybridized carbons (Fsp3) is 0.435. The van der Waals surface area contributed by atoms with Gasteiger partial charge in [-0.15, -0.1) is 5.10 Å². The number of hydrogen-bond donors (Lipinski definition) is 2. The maximum Gasteiger partial charge on any atom is 0.433 e. The third-order valence-corrected chi connectivity index (χ3v) is 7.13. The standard InChI is InChI=1S/C23H23F3N8O/c24-23(25,26)20-12(1-4-19(30-20)33-8-13-7-14(13)9-33)10-34-11-18(31-32-34)22(35)29-17-3-2-16-15(17)5-6-28-21(16)27/h1,4-6,11,13-14,17H,2-3,7-10H2,(H2,27,28)(H,29,35)/t13?,14?,17-/m1/s1. The summed E-state index contributed by atoms with van der Waals surface area (Å²) in [6.07, 6.45) is 0.862. The molecular formula is C23H23F3N8O. The van der Waals surface area contributed by atoms with Crippen LogP contribution >= 0.6 is 0 Å². The Hall–Kier alpha value is -3.70. The Morgan fingerprint density at radius 3 is 2.77 bits per heavy atom. The summed E-state index contributed by atoms with van der Waals surface area (Å²) >= 11 is 0. The van der Waals surface area contributed by atoms with Crippen LogP contribution in [0.1, 0.15) is 51.8 Å². The van der Waals surface area contributed by atoms with Crippen LogP contribution in [0, 0.1) is 11.8 Å². The van der Waals surface area contributed by atoms with Crippen molar-refractivity contribution in [2.45, 2.75) is 38.0 Å². The molecule has 3 aliphatic rings. The molecule has 3 aromatic heterocycles. The molecule has 0 spiro atoms. The summed E-state index contributed by atoms with van der Waals surface area (Å²) in [4.78, 5) is 22.7. The average molecular weight is 484 g/mol. The zero-order chi connectivity index (χ0) is 24.3. The minimum Gasteiger partial charge on any atom is -0.383 e. The summed E-state index contributed by atoms with van der Waals surface area (Å²) in [5.41, 5.74) is 6.79. The molecule has 0 aromatic carbocycles. The smallest absolute Gasteiger partial charge is 0.383 e. The number of nitrogen functional groups attached to an aromatic ring is 1. The van der Waals surface area contributed by atoms with Crippen LogP contribution in [0.25, 0.3) is 0 Å². The zero-order valence-corrected chi connectivity index (χ0v) is 18.7. The molecule has 1 saturated heterocycles. The number of halogens is 3. The fourth-order valence-electron chi connectivity index (χ4n) is 5.22. The van der Waals surface area contributed by atoms with Crippen LogP contribution < -0.4 is 16.0 Å². The van der Waals surface area contributed by atoms with Crippen molar-refractivity contribution in [3.63, 3.8) is 0 Å². The molecule has 3 N–H and O–H groups in total. The molecule has 0 radical (unpaired) electrons. The Morgan fingerprint density at radius 2 is 2.00 bits per heavy atom. The first kappa shape index (κ1) is 21.8. The van der Waals surface area contributed by atoms with E-state index in [1.165, 1.54) is 16.9 Å². The molecule has 12 heteroatoms. The van der Waals surface area contributed by atoms with E-state index in [9.17, 15) is 18.0 Å². The molecule has 2 unspecified atom stereocenters. The molecule has 35 heavy (non-hydrogen) atoms. The van der Waals surface area contributed by atoms with E-state index in [4.69, 9.17) is 5.73 Å². The van der Waals surface area contributed by atoms with E-state index in [0.717, 1.165) is 30.6 Å². The number of anilines is 2. The van der Waals surface area contributed by atoms with Gasteiger partial charge >= 0.3 is 6.18 Å². The van der Waals surface area contributed by atoms with Gasteiger partial charge in [0.25, 0.3) is 5.91 Å². The summed E-state index contributed by atoms with van der Waals surface area (Å²) in [7, 11) is 0. The number of carbonyl (C=O) groups excluding carboxylic acids is 1. The number of nitrogens with two attached hydrogens (primary N) is 1. The maximum atomic E-state index is 13.8. The lowest BCUT2D eigenvalue weighted by Crippen LogP contribution is -2.27. The van der Waals surface area contributed by atoms with Crippen LogP contribution in [0.5, 0.6) is 0 Å². The van der Waals surface area contributed by atoms with Gasteiger partial charge in [-0.2, -0.15) is 13.2 Å². The van der Waals surface area contributed by atoms with Crippen LogP contribution in [0.15, 0.2) is 30.6 Å². The zero-order valence-electron chi connectivity index (χ0n) is 18.7. The number of nitrogens with one attached hydrogen (secondary N) is 1. The van der Waals surface area contributed by atoms with E-state index in [-0.39, 0.29) is 23.8 Å². The minimum atomic E-state index is -4.61. The molecule has 6 rings (SSSR count). The van der Waals surface area contributed by atoms with E-state index >= 15 is 0 Å². The van der Waals surface area contributed by atoms with E-state index in [0.29, 0.717) is 36.3 Å². The van der Waals surface area contributed by atoms with Gasteiger partial charge in [0.1, 0.15) is 11.6 Å². The number of alkyl halides is 3. The number of carbonyl (C=O) groups is 1. The Bertz CT molecular complexity index is 1300. The van der Waals surface area contributed by atoms with Crippen molar-refractivity contribution < 1.29 is 18.0 Å². The molecule has 1 aliphatic heterocycles. The Morgan fingerprint density at radius 1 is 1.20 bits per heavy atom. The number of nitrogens with zero attached hydrogens (tertiary/aromatic N) is 6. The van der Waals surface area contributed by atoms with Crippen LogP contribution in [-0.2, 0) is 19.1 Å². The second kappa shape index (κ2) is 7.92. The van der Waals surface area contributed by atoms with E-state index in [2.05, 4.69) is 25.6 Å². The Kier molecular flexibility index (Phi) is 4.94. The Labute approximate surface area is 198 Å². The first-order valence-electron chi connectivity index (χ1n) is 11.5. The largest absolute Gasteiger partial charge is 0.433 e. The van der Waals surface area contributed by atoms with Gasteiger partial charge < -0.3 is 16.0 Å². The van der Waals surface area contributed by atoms with Gasteiger partial charge in [-0.25, -0.2) is 14.6 Å². The number of piperidine rings is 1. The molecule has 2 fully saturated rings. The number of aromatic nitrogens is 5. The highest BCUT2D eigenvalue weighted by atomic mass is 19.4. The first-order valence-corrected chi connectivity index (χ1v) is 11.5. The van der Waals surface area contributed by atoms with Gasteiger partial charge in [0, 0.05) is 24.8 Å². The van der Waals surface area contributed by atoms with Gasteiger partial charge in [-0.05, 0) is 54.4 Å². The van der Waals surface area contributed by atoms with E-state index in [1.807, 2.05) is 11.0 Å². The highest BCUT2D eigenvalue weighted by molar-refractivity contribution is 5.92. The van der Waals surface area contributed by atoms with Crippen molar-refractivity contribution in [2.24, 2.45) is 11.8 Å². The molecule has 4 heterocycles. The lowest BCUT2D eigenvalue weighted by atomic mass is 10.1. The summed E-state index contributed by atoms with van der Waals surface area (Å²) in [5.74, 6) is 1.50. The summed E-state index contributed by atoms with van der Waals surface area (Å²) in [6.45, 7) is 1.30. The van der Waals surface area contributed by atoms with Gasteiger partial charge in [-0.1, -0.05) is 11.3 Å². The van der Waals surface area contributed by atoms with Crippen molar-refractivity contribution in [2.75, 3.05) is 23.7 Å². The van der Waals surface area contributed by atoms with Crippen molar-refractivity contribution >= 4 is 17.5 Å². The highest BCUT2D eigenvalue weighted by Crippen LogP contribution is 2.46. The highest BCUT2D eigenvalue weighted by Gasteiger charge is 2.46. The SMILES string of the molecule is Nc1nccc2c1CC[C@H]2NC(=O)c1cn(Cc2ccc(N3CC4CC4C3)nc2C(F)(F)F)nn1. The predicted octanol–water partition coefficient (Wildman–Crippen LogP) is 2.59. The van der Waals surface area contributed by atoms with Gasteiger partial charge in [0.15, 0.2) is 11.4 Å². The quantitative estimate of drug-likeness (QED) is 0.572. The molecule has 0 bridgehead atoms. The molecule has 2 aliphatic carbocycles. The van der Waals surface area contributed by atoms with Crippen molar-refractivity contribution in [1.29, 1.82) is 0 Å². The second-order valence-electron chi connectivity index (χ2n) is 9.47. The van der Waals surface area contributed by atoms with Crippen LogP contribution in [-0.4, -0.2) is 44.0 Å². The number of amides is 1. The number of rotatable bonds is 5. The number of pyridine rings is 2. The third kappa shape index (κ3) is 4.06. The van der Waals surface area contributed by atoms with E-state index < -0.39 is 17.8 Å². The second-order valence-corrected chi connectivity index (χ2v) is 9.47. The number of hydrogen-bond acceptors (Lipinski definition) is 7. The lowest BCUT2D eigenvalue weighted by molar-refractivity contribution is -0.141.